The zero-order chi connectivity index (χ0) is 16.8. The van der Waals surface area contributed by atoms with Crippen molar-refractivity contribution in [1.82, 2.24) is 19.5 Å². The third-order valence-corrected chi connectivity index (χ3v) is 3.78. The molecule has 2 aromatic rings. The number of fused-ring (bicyclic) bond motifs is 1. The van der Waals surface area contributed by atoms with Crippen LogP contribution in [-0.2, 0) is 19.3 Å². The number of hydrogen-bond donors (Lipinski definition) is 3. The first kappa shape index (κ1) is 16.0. The molecule has 3 heterocycles. The Morgan fingerprint density at radius 3 is 2.83 bits per heavy atom. The number of H-pyrrole nitrogens is 1. The van der Waals surface area contributed by atoms with E-state index in [1.807, 2.05) is 0 Å². The Morgan fingerprint density at radius 1 is 1.39 bits per heavy atom. The number of rotatable bonds is 4. The molecule has 0 aromatic carbocycles. The predicted molar refractivity (Wildman–Crippen MR) is 69.7 cm³/mol. The van der Waals surface area contributed by atoms with Crippen LogP contribution in [0.25, 0.3) is 11.2 Å². The van der Waals surface area contributed by atoms with Gasteiger partial charge in [-0.05, 0) is 0 Å². The number of aromatic amines is 1. The third-order valence-electron chi connectivity index (χ3n) is 3.35. The summed E-state index contributed by atoms with van der Waals surface area (Å²) < 4.78 is 41.9. The molecule has 3 N–H and O–H groups in total. The maximum Gasteiger partial charge on any atom is 0.278 e. The van der Waals surface area contributed by atoms with Gasteiger partial charge in [-0.25, -0.2) is 18.4 Å². The Labute approximate surface area is 128 Å². The number of nitrogens with one attached hydrogen (secondary N) is 1. The molecule has 13 heteroatoms. The Kier molecular flexibility index (Phi) is 3.91. The van der Waals surface area contributed by atoms with Crippen LogP contribution in [0.4, 0.5) is 0 Å². The zero-order valence-corrected chi connectivity index (χ0v) is 12.1. The van der Waals surface area contributed by atoms with Gasteiger partial charge in [0, 0.05) is 0 Å². The summed E-state index contributed by atoms with van der Waals surface area (Å²) in [6.45, 7) is -0.763. The van der Waals surface area contributed by atoms with Gasteiger partial charge in [0.2, 0.25) is 10.4 Å². The van der Waals surface area contributed by atoms with E-state index in [1.165, 1.54) is 10.9 Å². The van der Waals surface area contributed by atoms with E-state index in [2.05, 4.69) is 19.1 Å². The van der Waals surface area contributed by atoms with E-state index >= 15 is 0 Å². The average molecular weight is 347 g/mol. The smallest absolute Gasteiger partial charge is 0.278 e. The summed E-state index contributed by atoms with van der Waals surface area (Å²) >= 11 is 0. The number of aromatic nitrogens is 4. The Bertz CT molecular complexity index is 876. The third kappa shape index (κ3) is 2.97. The quantitative estimate of drug-likeness (QED) is 0.386. The van der Waals surface area contributed by atoms with Crippen molar-refractivity contribution in [1.29, 1.82) is 0 Å². The number of imidazole rings is 1. The van der Waals surface area contributed by atoms with Gasteiger partial charge >= 0.3 is 0 Å². The molecule has 0 amide bonds. The van der Waals surface area contributed by atoms with Crippen molar-refractivity contribution in [3.63, 3.8) is 0 Å². The van der Waals surface area contributed by atoms with Crippen molar-refractivity contribution in [2.24, 2.45) is 0 Å². The normalized spacial score (nSPS) is 28.5. The van der Waals surface area contributed by atoms with Crippen molar-refractivity contribution in [2.75, 3.05) is 6.61 Å². The SMILES string of the molecule is O=c1[nH]cnc2c1ncn2[C@@H]1O[C@H](COS(=O)(=O)[O-])[C@@H](O)[C@H]1O. The Balaban J connectivity index is 1.88. The molecule has 126 valence electrons. The second-order valence-corrected chi connectivity index (χ2v) is 5.85. The van der Waals surface area contributed by atoms with Crippen molar-refractivity contribution < 1.29 is 32.1 Å². The summed E-state index contributed by atoms with van der Waals surface area (Å²) in [6, 6.07) is 0. The molecule has 3 rings (SSSR count). The summed E-state index contributed by atoms with van der Waals surface area (Å²) in [4.78, 5) is 21.7. The molecule has 0 aliphatic carbocycles. The summed E-state index contributed by atoms with van der Waals surface area (Å²) in [5.74, 6) is 0. The lowest BCUT2D eigenvalue weighted by Crippen LogP contribution is -2.34. The summed E-state index contributed by atoms with van der Waals surface area (Å²) in [5.41, 5.74) is -0.401. The first-order chi connectivity index (χ1) is 10.8. The molecule has 1 saturated heterocycles. The molecular weight excluding hydrogens is 336 g/mol. The standard InChI is InChI=1S/C10H12N4O8S/c15-6-4(1-21-23(18,19)20)22-10(7(6)16)14-3-13-5-8(14)11-2-12-9(5)17/h2-4,6-7,10,15-16H,1H2,(H,11,12,17)(H,18,19,20)/p-1/t4-,6-,7-,10-/m1/s1. The maximum absolute atomic E-state index is 11.6. The fourth-order valence-electron chi connectivity index (χ4n) is 2.30. The minimum Gasteiger partial charge on any atom is -0.726 e. The van der Waals surface area contributed by atoms with Crippen LogP contribution in [0.2, 0.25) is 0 Å². The predicted octanol–water partition coefficient (Wildman–Crippen LogP) is -2.78. The average Bonchev–Trinajstić information content (AvgIpc) is 3.01. The first-order valence-electron chi connectivity index (χ1n) is 6.30. The monoisotopic (exact) mass is 347 g/mol. The van der Waals surface area contributed by atoms with Gasteiger partial charge in [-0.2, -0.15) is 0 Å². The van der Waals surface area contributed by atoms with Gasteiger partial charge in [0.25, 0.3) is 5.56 Å². The van der Waals surface area contributed by atoms with Crippen molar-refractivity contribution in [3.8, 4) is 0 Å². The van der Waals surface area contributed by atoms with Gasteiger partial charge in [-0.3, -0.25) is 13.5 Å². The van der Waals surface area contributed by atoms with Crippen molar-refractivity contribution >= 4 is 21.6 Å². The van der Waals surface area contributed by atoms with Gasteiger partial charge in [0.05, 0.1) is 19.3 Å². The molecule has 0 spiro atoms. The molecule has 0 bridgehead atoms. The van der Waals surface area contributed by atoms with E-state index in [1.54, 1.807) is 0 Å². The highest BCUT2D eigenvalue weighted by Crippen LogP contribution is 2.31. The van der Waals surface area contributed by atoms with Crippen LogP contribution < -0.4 is 5.56 Å². The first-order valence-corrected chi connectivity index (χ1v) is 7.63. The molecule has 0 radical (unpaired) electrons. The fourth-order valence-corrected chi connectivity index (χ4v) is 2.60. The number of aliphatic hydroxyl groups is 2. The molecule has 23 heavy (non-hydrogen) atoms. The van der Waals surface area contributed by atoms with Crippen LogP contribution in [0.5, 0.6) is 0 Å². The fraction of sp³-hybridized carbons (Fsp3) is 0.500. The van der Waals surface area contributed by atoms with Crippen LogP contribution in [0.1, 0.15) is 6.23 Å². The topological polar surface area (TPSA) is 180 Å². The maximum atomic E-state index is 11.6. The molecule has 2 aromatic heterocycles. The molecule has 0 saturated carbocycles. The van der Waals surface area contributed by atoms with E-state index < -0.39 is 47.1 Å². The van der Waals surface area contributed by atoms with Crippen molar-refractivity contribution in [3.05, 3.63) is 23.0 Å². The lowest BCUT2D eigenvalue weighted by atomic mass is 10.1. The van der Waals surface area contributed by atoms with Crippen molar-refractivity contribution in [2.45, 2.75) is 24.5 Å². The van der Waals surface area contributed by atoms with E-state index in [-0.39, 0.29) is 11.2 Å². The minimum absolute atomic E-state index is 0.000347. The summed E-state index contributed by atoms with van der Waals surface area (Å²) in [7, 11) is -4.96. The largest absolute Gasteiger partial charge is 0.726 e. The van der Waals surface area contributed by atoms with Crippen LogP contribution in [-0.4, -0.2) is 67.6 Å². The van der Waals surface area contributed by atoms with Gasteiger partial charge in [0.15, 0.2) is 17.4 Å². The van der Waals surface area contributed by atoms with E-state index in [9.17, 15) is 28.0 Å². The minimum atomic E-state index is -4.96. The Morgan fingerprint density at radius 2 is 2.13 bits per heavy atom. The second kappa shape index (κ2) is 5.63. The van der Waals surface area contributed by atoms with Gasteiger partial charge in [-0.1, -0.05) is 0 Å². The summed E-state index contributed by atoms with van der Waals surface area (Å²) in [5, 5.41) is 19.9. The molecule has 1 aliphatic heterocycles. The van der Waals surface area contributed by atoms with Crippen LogP contribution >= 0.6 is 0 Å². The number of nitrogens with zero attached hydrogens (tertiary/aromatic N) is 3. The van der Waals surface area contributed by atoms with E-state index in [0.717, 1.165) is 6.33 Å². The van der Waals surface area contributed by atoms with Gasteiger partial charge in [-0.15, -0.1) is 0 Å². The summed E-state index contributed by atoms with van der Waals surface area (Å²) in [6.07, 6.45) is -3.13. The molecule has 0 unspecified atom stereocenters. The molecule has 4 atom stereocenters. The highest BCUT2D eigenvalue weighted by Gasteiger charge is 2.44. The lowest BCUT2D eigenvalue weighted by molar-refractivity contribution is -0.0479. The Hall–Kier alpha value is -1.90. The highest BCUT2D eigenvalue weighted by molar-refractivity contribution is 7.80. The van der Waals surface area contributed by atoms with E-state index in [0.29, 0.717) is 0 Å². The van der Waals surface area contributed by atoms with Crippen LogP contribution in [0.15, 0.2) is 17.4 Å². The van der Waals surface area contributed by atoms with Crippen LogP contribution in [0, 0.1) is 0 Å². The molecule has 12 nitrogen and oxygen atoms in total. The number of hydrogen-bond acceptors (Lipinski definition) is 10. The van der Waals surface area contributed by atoms with E-state index in [4.69, 9.17) is 4.74 Å². The highest BCUT2D eigenvalue weighted by atomic mass is 32.3. The lowest BCUT2D eigenvalue weighted by Gasteiger charge is -2.16. The number of ether oxygens (including phenoxy) is 1. The molecule has 1 aliphatic rings. The number of aliphatic hydroxyl groups excluding tert-OH is 2. The van der Waals surface area contributed by atoms with Gasteiger partial charge in [0.1, 0.15) is 18.3 Å². The second-order valence-electron chi connectivity index (χ2n) is 4.79. The molecule has 1 fully saturated rings. The van der Waals surface area contributed by atoms with Crippen LogP contribution in [0.3, 0.4) is 0 Å². The molecular formula is C10H11N4O8S-. The van der Waals surface area contributed by atoms with Gasteiger partial charge < -0.3 is 24.5 Å². The zero-order valence-electron chi connectivity index (χ0n) is 11.3.